The van der Waals surface area contributed by atoms with Gasteiger partial charge in [-0.15, -0.1) is 22.7 Å². The lowest BCUT2D eigenvalue weighted by atomic mass is 10.1. The van der Waals surface area contributed by atoms with Crippen LogP contribution >= 0.6 is 22.7 Å². The van der Waals surface area contributed by atoms with Crippen LogP contribution in [-0.4, -0.2) is 6.04 Å². The van der Waals surface area contributed by atoms with Crippen molar-refractivity contribution in [1.29, 1.82) is 0 Å². The normalized spacial score (nSPS) is 24.8. The molecule has 1 N–H and O–H groups in total. The molecule has 2 aromatic heterocycles. The Balaban J connectivity index is 1.72. The summed E-state index contributed by atoms with van der Waals surface area (Å²) in [6.45, 7) is 2.33. The van der Waals surface area contributed by atoms with Crippen LogP contribution < -0.4 is 5.32 Å². The Bertz CT molecular complexity index is 447. The highest BCUT2D eigenvalue weighted by molar-refractivity contribution is 7.10. The molecule has 90 valence electrons. The Kier molecular flexibility index (Phi) is 3.32. The molecule has 1 aliphatic carbocycles. The molecule has 0 amide bonds. The summed E-state index contributed by atoms with van der Waals surface area (Å²) >= 11 is 3.73. The lowest BCUT2D eigenvalue weighted by molar-refractivity contribution is 0.522. The van der Waals surface area contributed by atoms with E-state index in [2.05, 4.69) is 47.3 Å². The third kappa shape index (κ3) is 2.79. The van der Waals surface area contributed by atoms with E-state index in [-0.39, 0.29) is 0 Å². The molecule has 0 spiro atoms. The largest absolute Gasteiger partial charge is 0.306 e. The van der Waals surface area contributed by atoms with Crippen molar-refractivity contribution < 1.29 is 0 Å². The van der Waals surface area contributed by atoms with Crippen LogP contribution in [0.15, 0.2) is 35.0 Å². The maximum atomic E-state index is 3.80. The third-order valence-electron chi connectivity index (χ3n) is 3.40. The minimum atomic E-state index is 0.503. The van der Waals surface area contributed by atoms with Crippen LogP contribution in [0.25, 0.3) is 0 Å². The van der Waals surface area contributed by atoms with Gasteiger partial charge < -0.3 is 5.32 Å². The summed E-state index contributed by atoms with van der Waals surface area (Å²) in [4.78, 5) is 2.95. The lowest BCUT2D eigenvalue weighted by Crippen LogP contribution is -2.25. The molecule has 2 heterocycles. The molecule has 0 aliphatic heterocycles. The highest BCUT2D eigenvalue weighted by atomic mass is 32.1. The zero-order valence-electron chi connectivity index (χ0n) is 9.93. The number of hydrogen-bond acceptors (Lipinski definition) is 3. The van der Waals surface area contributed by atoms with Gasteiger partial charge in [0.15, 0.2) is 0 Å². The first kappa shape index (κ1) is 11.5. The van der Waals surface area contributed by atoms with Gasteiger partial charge in [-0.3, -0.25) is 0 Å². The maximum Gasteiger partial charge on any atom is 0.0465 e. The van der Waals surface area contributed by atoms with Gasteiger partial charge in [0.05, 0.1) is 0 Å². The van der Waals surface area contributed by atoms with Crippen LogP contribution in [-0.2, 0) is 6.42 Å². The smallest absolute Gasteiger partial charge is 0.0465 e. The van der Waals surface area contributed by atoms with Crippen LogP contribution in [0.5, 0.6) is 0 Å². The SMILES string of the molecule is CC1CC1NC(Cc1cccs1)c1cccs1. The summed E-state index contributed by atoms with van der Waals surface area (Å²) in [7, 11) is 0. The van der Waals surface area contributed by atoms with Gasteiger partial charge >= 0.3 is 0 Å². The van der Waals surface area contributed by atoms with Crippen molar-refractivity contribution in [2.24, 2.45) is 5.92 Å². The van der Waals surface area contributed by atoms with Gasteiger partial charge in [0.1, 0.15) is 0 Å². The van der Waals surface area contributed by atoms with Gasteiger partial charge in [0.2, 0.25) is 0 Å². The quantitative estimate of drug-likeness (QED) is 0.856. The van der Waals surface area contributed by atoms with Crippen molar-refractivity contribution >= 4 is 22.7 Å². The molecule has 17 heavy (non-hydrogen) atoms. The summed E-state index contributed by atoms with van der Waals surface area (Å²) in [5.41, 5.74) is 0. The highest BCUT2D eigenvalue weighted by Crippen LogP contribution is 2.34. The number of hydrogen-bond donors (Lipinski definition) is 1. The Morgan fingerprint density at radius 1 is 1.29 bits per heavy atom. The summed E-state index contributed by atoms with van der Waals surface area (Å²) in [6, 6.07) is 10.0. The van der Waals surface area contributed by atoms with Crippen molar-refractivity contribution in [3.8, 4) is 0 Å². The molecule has 1 saturated carbocycles. The molecule has 1 nitrogen and oxygen atoms in total. The molecule has 2 aromatic rings. The third-order valence-corrected chi connectivity index (χ3v) is 5.28. The topological polar surface area (TPSA) is 12.0 Å². The first-order valence-corrected chi connectivity index (χ1v) is 7.90. The van der Waals surface area contributed by atoms with Crippen molar-refractivity contribution in [3.63, 3.8) is 0 Å². The number of nitrogens with one attached hydrogen (secondary N) is 1. The van der Waals surface area contributed by atoms with Crippen LogP contribution in [0, 0.1) is 5.92 Å². The second kappa shape index (κ2) is 4.92. The van der Waals surface area contributed by atoms with Crippen molar-refractivity contribution in [3.05, 3.63) is 44.8 Å². The van der Waals surface area contributed by atoms with Gasteiger partial charge in [0, 0.05) is 28.3 Å². The van der Waals surface area contributed by atoms with Crippen LogP contribution in [0.3, 0.4) is 0 Å². The van der Waals surface area contributed by atoms with Crippen LogP contribution in [0.2, 0.25) is 0 Å². The van der Waals surface area contributed by atoms with E-state index in [9.17, 15) is 0 Å². The predicted octanol–water partition coefficient (Wildman–Crippen LogP) is 4.09. The summed E-state index contributed by atoms with van der Waals surface area (Å²) < 4.78 is 0. The Hall–Kier alpha value is -0.640. The van der Waals surface area contributed by atoms with Gasteiger partial charge in [-0.1, -0.05) is 19.1 Å². The molecule has 0 bridgehead atoms. The second-order valence-corrected chi connectivity index (χ2v) is 6.85. The Labute approximate surface area is 111 Å². The molecular formula is C14H17NS2. The molecular weight excluding hydrogens is 246 g/mol. The second-order valence-electron chi connectivity index (χ2n) is 4.84. The van der Waals surface area contributed by atoms with E-state index in [1.807, 2.05) is 22.7 Å². The molecule has 3 rings (SSSR count). The number of rotatable bonds is 5. The van der Waals surface area contributed by atoms with E-state index in [1.165, 1.54) is 16.2 Å². The lowest BCUT2D eigenvalue weighted by Gasteiger charge is -2.16. The molecule has 0 saturated heterocycles. The molecule has 1 aliphatic rings. The number of thiophene rings is 2. The molecule has 3 atom stereocenters. The van der Waals surface area contributed by atoms with Crippen molar-refractivity contribution in [2.75, 3.05) is 0 Å². The molecule has 3 heteroatoms. The summed E-state index contributed by atoms with van der Waals surface area (Å²) in [5.74, 6) is 0.862. The van der Waals surface area contributed by atoms with Crippen molar-refractivity contribution in [2.45, 2.75) is 31.8 Å². The van der Waals surface area contributed by atoms with Crippen LogP contribution in [0.1, 0.15) is 29.1 Å². The standard InChI is InChI=1S/C14H17NS2/c1-10-8-12(10)15-13(14-5-3-7-17-14)9-11-4-2-6-16-11/h2-7,10,12-13,15H,8-9H2,1H3. The Morgan fingerprint density at radius 3 is 2.65 bits per heavy atom. The Morgan fingerprint density at radius 2 is 2.06 bits per heavy atom. The zero-order valence-corrected chi connectivity index (χ0v) is 11.6. The molecule has 1 fully saturated rings. The fraction of sp³-hybridized carbons (Fsp3) is 0.429. The van der Waals surface area contributed by atoms with Gasteiger partial charge in [0.25, 0.3) is 0 Å². The van der Waals surface area contributed by atoms with E-state index in [0.29, 0.717) is 6.04 Å². The summed E-state index contributed by atoms with van der Waals surface area (Å²) in [6.07, 6.45) is 2.47. The molecule has 0 radical (unpaired) electrons. The first-order chi connectivity index (χ1) is 8.33. The molecule has 0 aromatic carbocycles. The van der Waals surface area contributed by atoms with E-state index in [1.54, 1.807) is 0 Å². The van der Waals surface area contributed by atoms with E-state index in [0.717, 1.165) is 18.4 Å². The van der Waals surface area contributed by atoms with Gasteiger partial charge in [-0.05, 0) is 35.2 Å². The predicted molar refractivity (Wildman–Crippen MR) is 75.8 cm³/mol. The zero-order chi connectivity index (χ0) is 11.7. The average molecular weight is 263 g/mol. The average Bonchev–Trinajstić information content (AvgIpc) is 2.85. The monoisotopic (exact) mass is 263 g/mol. The highest BCUT2D eigenvalue weighted by Gasteiger charge is 2.34. The fourth-order valence-corrected chi connectivity index (χ4v) is 3.71. The summed E-state index contributed by atoms with van der Waals surface area (Å²) in [5, 5.41) is 8.14. The van der Waals surface area contributed by atoms with Gasteiger partial charge in [-0.2, -0.15) is 0 Å². The minimum Gasteiger partial charge on any atom is -0.306 e. The fourth-order valence-electron chi connectivity index (χ4n) is 2.17. The minimum absolute atomic E-state index is 0.503. The first-order valence-electron chi connectivity index (χ1n) is 6.15. The van der Waals surface area contributed by atoms with E-state index < -0.39 is 0 Å². The van der Waals surface area contributed by atoms with Crippen molar-refractivity contribution in [1.82, 2.24) is 5.32 Å². The van der Waals surface area contributed by atoms with E-state index >= 15 is 0 Å². The maximum absolute atomic E-state index is 3.80. The van der Waals surface area contributed by atoms with E-state index in [4.69, 9.17) is 0 Å². The molecule has 3 unspecified atom stereocenters. The van der Waals surface area contributed by atoms with Gasteiger partial charge in [-0.25, -0.2) is 0 Å². The van der Waals surface area contributed by atoms with Crippen LogP contribution in [0.4, 0.5) is 0 Å².